The van der Waals surface area contributed by atoms with Crippen molar-refractivity contribution in [2.45, 2.75) is 39.7 Å². The molecule has 104 valence electrons. The van der Waals surface area contributed by atoms with Gasteiger partial charge in [0.2, 0.25) is 0 Å². The van der Waals surface area contributed by atoms with Crippen LogP contribution in [0, 0.1) is 13.8 Å². The third-order valence-electron chi connectivity index (χ3n) is 3.33. The molecule has 0 saturated heterocycles. The molecular weight excluding hydrogens is 308 g/mol. The molecule has 2 aromatic rings. The fraction of sp³-hybridized carbons (Fsp3) is 0.500. The average molecular weight is 327 g/mol. The summed E-state index contributed by atoms with van der Waals surface area (Å²) in [5, 5.41) is 7.47. The molecule has 2 aromatic heterocycles. The van der Waals surface area contributed by atoms with Gasteiger partial charge in [0.25, 0.3) is 0 Å². The summed E-state index contributed by atoms with van der Waals surface area (Å²) in [5.74, 6) is 2.19. The largest absolute Gasteiger partial charge is 0.453 e. The van der Waals surface area contributed by atoms with Gasteiger partial charge in [-0.15, -0.1) is 0 Å². The van der Waals surface area contributed by atoms with Crippen molar-refractivity contribution in [3.8, 4) is 0 Å². The van der Waals surface area contributed by atoms with E-state index in [4.69, 9.17) is 8.94 Å². The van der Waals surface area contributed by atoms with Crippen molar-refractivity contribution in [3.63, 3.8) is 0 Å². The molecule has 2 heterocycles. The molecule has 0 saturated carbocycles. The molecule has 0 aliphatic carbocycles. The molecule has 0 fully saturated rings. The predicted molar refractivity (Wildman–Crippen MR) is 77.2 cm³/mol. The van der Waals surface area contributed by atoms with Crippen LogP contribution in [0.25, 0.3) is 0 Å². The Bertz CT molecular complexity index is 528. The number of furan rings is 1. The van der Waals surface area contributed by atoms with E-state index in [0.29, 0.717) is 5.92 Å². The quantitative estimate of drug-likeness (QED) is 0.898. The highest BCUT2D eigenvalue weighted by atomic mass is 79.9. The SMILES string of the molecule is Cc1noc(C)c1[C@@H](C)CN[C@@H](C)c1ccc(Br)o1. The Hall–Kier alpha value is -1.07. The second kappa shape index (κ2) is 5.92. The van der Waals surface area contributed by atoms with Gasteiger partial charge < -0.3 is 14.3 Å². The third kappa shape index (κ3) is 3.28. The Morgan fingerprint density at radius 3 is 2.58 bits per heavy atom. The summed E-state index contributed by atoms with van der Waals surface area (Å²) in [7, 11) is 0. The second-order valence-corrected chi connectivity index (χ2v) is 5.69. The van der Waals surface area contributed by atoms with Crippen molar-refractivity contribution in [2.75, 3.05) is 6.54 Å². The van der Waals surface area contributed by atoms with Gasteiger partial charge in [-0.25, -0.2) is 0 Å². The van der Waals surface area contributed by atoms with Crippen LogP contribution < -0.4 is 5.32 Å². The number of rotatable bonds is 5. The summed E-state index contributed by atoms with van der Waals surface area (Å²) in [4.78, 5) is 0. The maximum Gasteiger partial charge on any atom is 0.169 e. The van der Waals surface area contributed by atoms with Crippen molar-refractivity contribution in [1.29, 1.82) is 0 Å². The van der Waals surface area contributed by atoms with Gasteiger partial charge in [-0.1, -0.05) is 12.1 Å². The smallest absolute Gasteiger partial charge is 0.169 e. The van der Waals surface area contributed by atoms with Crippen molar-refractivity contribution in [1.82, 2.24) is 10.5 Å². The molecule has 0 spiro atoms. The number of halogens is 1. The number of hydrogen-bond donors (Lipinski definition) is 1. The molecule has 0 aliphatic heterocycles. The fourth-order valence-corrected chi connectivity index (χ4v) is 2.63. The minimum atomic E-state index is 0.175. The molecule has 0 unspecified atom stereocenters. The van der Waals surface area contributed by atoms with Crippen LogP contribution in [-0.4, -0.2) is 11.7 Å². The summed E-state index contributed by atoms with van der Waals surface area (Å²) in [6.45, 7) is 9.05. The van der Waals surface area contributed by atoms with E-state index in [2.05, 4.69) is 40.3 Å². The first-order valence-corrected chi connectivity index (χ1v) is 7.19. The van der Waals surface area contributed by atoms with Crippen LogP contribution in [0.5, 0.6) is 0 Å². The van der Waals surface area contributed by atoms with Crippen LogP contribution >= 0.6 is 15.9 Å². The van der Waals surface area contributed by atoms with E-state index >= 15 is 0 Å². The lowest BCUT2D eigenvalue weighted by Gasteiger charge is -2.16. The monoisotopic (exact) mass is 326 g/mol. The van der Waals surface area contributed by atoms with Crippen LogP contribution in [0.3, 0.4) is 0 Å². The Labute approximate surface area is 121 Å². The van der Waals surface area contributed by atoms with Crippen LogP contribution in [0.1, 0.15) is 48.6 Å². The Kier molecular flexibility index (Phi) is 4.47. The van der Waals surface area contributed by atoms with E-state index in [9.17, 15) is 0 Å². The summed E-state index contributed by atoms with van der Waals surface area (Å²) in [6.07, 6.45) is 0. The van der Waals surface area contributed by atoms with Gasteiger partial charge in [0.15, 0.2) is 4.67 Å². The third-order valence-corrected chi connectivity index (χ3v) is 3.76. The summed E-state index contributed by atoms with van der Waals surface area (Å²) >= 11 is 3.32. The molecule has 0 aliphatic rings. The molecule has 5 heteroatoms. The molecule has 1 N–H and O–H groups in total. The molecule has 0 amide bonds. The van der Waals surface area contributed by atoms with Gasteiger partial charge in [-0.05, 0) is 54.8 Å². The maximum absolute atomic E-state index is 5.54. The van der Waals surface area contributed by atoms with Crippen LogP contribution in [0.15, 0.2) is 25.7 Å². The van der Waals surface area contributed by atoms with E-state index in [1.54, 1.807) is 0 Å². The van der Waals surface area contributed by atoms with Gasteiger partial charge in [-0.2, -0.15) is 0 Å². The van der Waals surface area contributed by atoms with Gasteiger partial charge in [0, 0.05) is 12.1 Å². The average Bonchev–Trinajstić information content (AvgIpc) is 2.93. The maximum atomic E-state index is 5.54. The lowest BCUT2D eigenvalue weighted by Crippen LogP contribution is -2.23. The van der Waals surface area contributed by atoms with Gasteiger partial charge in [0.1, 0.15) is 11.5 Å². The summed E-state index contributed by atoms with van der Waals surface area (Å²) < 4.78 is 11.5. The molecule has 0 radical (unpaired) electrons. The van der Waals surface area contributed by atoms with E-state index < -0.39 is 0 Å². The van der Waals surface area contributed by atoms with E-state index in [-0.39, 0.29) is 6.04 Å². The van der Waals surface area contributed by atoms with Crippen molar-refractivity contribution >= 4 is 15.9 Å². The van der Waals surface area contributed by atoms with Gasteiger partial charge in [-0.3, -0.25) is 0 Å². The van der Waals surface area contributed by atoms with E-state index in [1.165, 1.54) is 5.56 Å². The second-order valence-electron chi connectivity index (χ2n) is 4.91. The number of aromatic nitrogens is 1. The molecule has 2 rings (SSSR count). The summed E-state index contributed by atoms with van der Waals surface area (Å²) in [6, 6.07) is 4.06. The number of nitrogens with one attached hydrogen (secondary N) is 1. The molecule has 0 aromatic carbocycles. The first-order chi connectivity index (χ1) is 8.99. The number of hydrogen-bond acceptors (Lipinski definition) is 4. The molecule has 0 bridgehead atoms. The Balaban J connectivity index is 1.95. The van der Waals surface area contributed by atoms with Crippen molar-refractivity contribution < 1.29 is 8.94 Å². The topological polar surface area (TPSA) is 51.2 Å². The number of aryl methyl sites for hydroxylation is 2. The Morgan fingerprint density at radius 1 is 1.32 bits per heavy atom. The first kappa shape index (κ1) is 14.3. The minimum Gasteiger partial charge on any atom is -0.453 e. The molecule has 4 nitrogen and oxygen atoms in total. The van der Waals surface area contributed by atoms with E-state index in [1.807, 2.05) is 26.0 Å². The van der Waals surface area contributed by atoms with Crippen LogP contribution in [0.4, 0.5) is 0 Å². The zero-order chi connectivity index (χ0) is 14.0. The van der Waals surface area contributed by atoms with Crippen LogP contribution in [-0.2, 0) is 0 Å². The molecule has 2 atom stereocenters. The fourth-order valence-electron chi connectivity index (χ4n) is 2.31. The minimum absolute atomic E-state index is 0.175. The van der Waals surface area contributed by atoms with E-state index in [0.717, 1.165) is 28.4 Å². The number of nitrogens with zero attached hydrogens (tertiary/aromatic N) is 1. The highest BCUT2D eigenvalue weighted by Gasteiger charge is 2.18. The predicted octanol–water partition coefficient (Wildman–Crippen LogP) is 4.10. The standard InChI is InChI=1S/C14H19BrN2O2/c1-8(14-10(3)17-19-11(14)4)7-16-9(2)12-5-6-13(15)18-12/h5-6,8-9,16H,7H2,1-4H3/t8-,9-/m0/s1. The lowest BCUT2D eigenvalue weighted by atomic mass is 9.99. The summed E-state index contributed by atoms with van der Waals surface area (Å²) in [5.41, 5.74) is 2.17. The Morgan fingerprint density at radius 2 is 2.05 bits per heavy atom. The van der Waals surface area contributed by atoms with Crippen molar-refractivity contribution in [3.05, 3.63) is 39.6 Å². The first-order valence-electron chi connectivity index (χ1n) is 6.40. The normalized spacial score (nSPS) is 14.6. The lowest BCUT2D eigenvalue weighted by molar-refractivity contribution is 0.389. The zero-order valence-electron chi connectivity index (χ0n) is 11.7. The van der Waals surface area contributed by atoms with Crippen molar-refractivity contribution in [2.24, 2.45) is 0 Å². The molecular formula is C14H19BrN2O2. The van der Waals surface area contributed by atoms with Gasteiger partial charge >= 0.3 is 0 Å². The zero-order valence-corrected chi connectivity index (χ0v) is 13.2. The highest BCUT2D eigenvalue weighted by molar-refractivity contribution is 9.10. The van der Waals surface area contributed by atoms with Gasteiger partial charge in [0.05, 0.1) is 11.7 Å². The van der Waals surface area contributed by atoms with Crippen LogP contribution in [0.2, 0.25) is 0 Å². The molecule has 19 heavy (non-hydrogen) atoms. The highest BCUT2D eigenvalue weighted by Crippen LogP contribution is 2.24.